The lowest BCUT2D eigenvalue weighted by Crippen LogP contribution is -2.52. The number of carboxylic acid groups (broad SMARTS) is 1. The molecule has 0 spiro atoms. The molecule has 0 aromatic rings. The summed E-state index contributed by atoms with van der Waals surface area (Å²) in [6, 6.07) is -0.677. The predicted molar refractivity (Wildman–Crippen MR) is 70.3 cm³/mol. The van der Waals surface area contributed by atoms with Crippen molar-refractivity contribution in [2.24, 2.45) is 5.92 Å². The zero-order valence-electron chi connectivity index (χ0n) is 11.9. The molecule has 7 heteroatoms. The van der Waals surface area contributed by atoms with Crippen LogP contribution in [0.1, 0.15) is 13.3 Å². The summed E-state index contributed by atoms with van der Waals surface area (Å²) in [5.41, 5.74) is 0. The third-order valence-electron chi connectivity index (χ3n) is 4.11. The van der Waals surface area contributed by atoms with Gasteiger partial charge in [0.05, 0.1) is 31.4 Å². The number of nitrogens with one attached hydrogen (secondary N) is 1. The van der Waals surface area contributed by atoms with Gasteiger partial charge in [-0.1, -0.05) is 0 Å². The van der Waals surface area contributed by atoms with Crippen molar-refractivity contribution in [1.82, 2.24) is 10.2 Å². The molecule has 0 saturated carbocycles. The summed E-state index contributed by atoms with van der Waals surface area (Å²) >= 11 is 0. The van der Waals surface area contributed by atoms with Crippen LogP contribution in [0.15, 0.2) is 0 Å². The molecule has 2 saturated heterocycles. The Kier molecular flexibility index (Phi) is 4.95. The second kappa shape index (κ2) is 6.51. The molecule has 2 heterocycles. The van der Waals surface area contributed by atoms with E-state index >= 15 is 0 Å². The van der Waals surface area contributed by atoms with E-state index in [4.69, 9.17) is 9.47 Å². The highest BCUT2D eigenvalue weighted by molar-refractivity contribution is 5.83. The lowest BCUT2D eigenvalue weighted by molar-refractivity contribution is -0.145. The molecule has 4 unspecified atom stereocenters. The van der Waals surface area contributed by atoms with E-state index in [-0.39, 0.29) is 37.3 Å². The molecule has 4 atom stereocenters. The maximum atomic E-state index is 12.6. The Hall–Kier alpha value is -1.18. The number of amides is 1. The van der Waals surface area contributed by atoms with Crippen molar-refractivity contribution in [3.05, 3.63) is 0 Å². The molecule has 0 radical (unpaired) electrons. The maximum absolute atomic E-state index is 12.6. The minimum absolute atomic E-state index is 0.0396. The van der Waals surface area contributed by atoms with E-state index < -0.39 is 11.9 Å². The molecular formula is C13H22N2O5. The Labute approximate surface area is 118 Å². The number of methoxy groups -OCH3 is 1. The first-order valence-electron chi connectivity index (χ1n) is 6.95. The number of carbonyl (C=O) groups excluding carboxylic acids is 1. The summed E-state index contributed by atoms with van der Waals surface area (Å²) < 4.78 is 10.5. The molecule has 2 fully saturated rings. The fourth-order valence-corrected chi connectivity index (χ4v) is 2.91. The zero-order chi connectivity index (χ0) is 14.7. The van der Waals surface area contributed by atoms with Crippen LogP contribution in [0.25, 0.3) is 0 Å². The number of carbonyl (C=O) groups is 2. The summed E-state index contributed by atoms with van der Waals surface area (Å²) in [5, 5.41) is 12.3. The molecule has 0 aromatic carbocycles. The molecule has 2 aliphatic heterocycles. The van der Waals surface area contributed by atoms with E-state index in [2.05, 4.69) is 5.32 Å². The Morgan fingerprint density at radius 3 is 2.75 bits per heavy atom. The van der Waals surface area contributed by atoms with E-state index in [1.54, 1.807) is 12.0 Å². The zero-order valence-corrected chi connectivity index (χ0v) is 11.9. The number of carboxylic acids is 1. The first-order valence-corrected chi connectivity index (χ1v) is 6.95. The SMILES string of the molecule is CCN(C(=O)C1CC(OC)CN1)C1COCC1C(=O)O. The number of hydrogen-bond donors (Lipinski definition) is 2. The third kappa shape index (κ3) is 2.94. The van der Waals surface area contributed by atoms with Crippen LogP contribution in [0.5, 0.6) is 0 Å². The smallest absolute Gasteiger partial charge is 0.311 e. The number of hydrogen-bond acceptors (Lipinski definition) is 5. The summed E-state index contributed by atoms with van der Waals surface area (Å²) in [5.74, 6) is -1.61. The largest absolute Gasteiger partial charge is 0.481 e. The molecule has 2 aliphatic rings. The van der Waals surface area contributed by atoms with Gasteiger partial charge in [0.25, 0.3) is 0 Å². The average Bonchev–Trinajstić information content (AvgIpc) is 3.08. The van der Waals surface area contributed by atoms with E-state index in [9.17, 15) is 14.7 Å². The van der Waals surface area contributed by atoms with Crippen LogP contribution < -0.4 is 5.32 Å². The molecule has 0 aromatic heterocycles. The van der Waals surface area contributed by atoms with Gasteiger partial charge in [0.1, 0.15) is 5.92 Å². The van der Waals surface area contributed by atoms with E-state index in [0.29, 0.717) is 19.5 Å². The first-order chi connectivity index (χ1) is 9.58. The fraction of sp³-hybridized carbons (Fsp3) is 0.846. The molecule has 7 nitrogen and oxygen atoms in total. The van der Waals surface area contributed by atoms with Crippen LogP contribution in [0.4, 0.5) is 0 Å². The number of aliphatic carboxylic acids is 1. The van der Waals surface area contributed by atoms with Crippen molar-refractivity contribution in [3.8, 4) is 0 Å². The van der Waals surface area contributed by atoms with Crippen molar-refractivity contribution >= 4 is 11.9 Å². The van der Waals surface area contributed by atoms with Crippen LogP contribution in [0.2, 0.25) is 0 Å². The van der Waals surface area contributed by atoms with Gasteiger partial charge in [0, 0.05) is 20.2 Å². The third-order valence-corrected chi connectivity index (χ3v) is 4.11. The normalized spacial score (nSPS) is 33.3. The Morgan fingerprint density at radius 1 is 1.45 bits per heavy atom. The fourth-order valence-electron chi connectivity index (χ4n) is 2.91. The van der Waals surface area contributed by atoms with Gasteiger partial charge in [0.2, 0.25) is 5.91 Å². The highest BCUT2D eigenvalue weighted by atomic mass is 16.5. The van der Waals surface area contributed by atoms with Gasteiger partial charge in [-0.2, -0.15) is 0 Å². The summed E-state index contributed by atoms with van der Waals surface area (Å²) in [7, 11) is 1.63. The minimum Gasteiger partial charge on any atom is -0.481 e. The van der Waals surface area contributed by atoms with Crippen LogP contribution in [-0.4, -0.2) is 73.5 Å². The average molecular weight is 286 g/mol. The summed E-state index contributed by atoms with van der Waals surface area (Å²) in [6.45, 7) is 3.44. The number of nitrogens with zero attached hydrogens (tertiary/aromatic N) is 1. The van der Waals surface area contributed by atoms with Crippen molar-refractivity contribution in [3.63, 3.8) is 0 Å². The van der Waals surface area contributed by atoms with Gasteiger partial charge >= 0.3 is 5.97 Å². The minimum atomic E-state index is -0.909. The van der Waals surface area contributed by atoms with E-state index in [0.717, 1.165) is 0 Å². The van der Waals surface area contributed by atoms with Gasteiger partial charge in [-0.3, -0.25) is 9.59 Å². The molecule has 20 heavy (non-hydrogen) atoms. The molecule has 0 aliphatic carbocycles. The topological polar surface area (TPSA) is 88.1 Å². The molecular weight excluding hydrogens is 264 g/mol. The van der Waals surface area contributed by atoms with Gasteiger partial charge in [0.15, 0.2) is 0 Å². The monoisotopic (exact) mass is 286 g/mol. The van der Waals surface area contributed by atoms with E-state index in [1.807, 2.05) is 6.92 Å². The van der Waals surface area contributed by atoms with E-state index in [1.165, 1.54) is 0 Å². The highest BCUT2D eigenvalue weighted by Crippen LogP contribution is 2.22. The molecule has 1 amide bonds. The quantitative estimate of drug-likeness (QED) is 0.695. The summed E-state index contributed by atoms with van der Waals surface area (Å²) in [6.07, 6.45) is 0.662. The lowest BCUT2D eigenvalue weighted by Gasteiger charge is -2.31. The van der Waals surface area contributed by atoms with Gasteiger partial charge in [-0.05, 0) is 13.3 Å². The second-order valence-corrected chi connectivity index (χ2v) is 5.23. The van der Waals surface area contributed by atoms with Crippen molar-refractivity contribution < 1.29 is 24.2 Å². The van der Waals surface area contributed by atoms with Gasteiger partial charge in [-0.25, -0.2) is 0 Å². The van der Waals surface area contributed by atoms with Crippen LogP contribution >= 0.6 is 0 Å². The maximum Gasteiger partial charge on any atom is 0.311 e. The molecule has 114 valence electrons. The number of likely N-dealkylation sites (N-methyl/N-ethyl adjacent to an activating group) is 1. The second-order valence-electron chi connectivity index (χ2n) is 5.23. The van der Waals surface area contributed by atoms with Gasteiger partial charge < -0.3 is 24.8 Å². The van der Waals surface area contributed by atoms with Gasteiger partial charge in [-0.15, -0.1) is 0 Å². The van der Waals surface area contributed by atoms with Crippen LogP contribution in [0, 0.1) is 5.92 Å². The lowest BCUT2D eigenvalue weighted by atomic mass is 10.0. The van der Waals surface area contributed by atoms with Crippen molar-refractivity contribution in [1.29, 1.82) is 0 Å². The Balaban J connectivity index is 2.04. The first kappa shape index (κ1) is 15.2. The molecule has 0 bridgehead atoms. The Morgan fingerprint density at radius 2 is 2.20 bits per heavy atom. The molecule has 2 rings (SSSR count). The van der Waals surface area contributed by atoms with Crippen molar-refractivity contribution in [2.45, 2.75) is 31.5 Å². The number of rotatable bonds is 5. The standard InChI is InChI=1S/C13H22N2O5/c1-3-15(11-7-20-6-9(11)13(17)18)12(16)10-4-8(19-2)5-14-10/h8-11,14H,3-7H2,1-2H3,(H,17,18). The molecule has 2 N–H and O–H groups in total. The Bertz CT molecular complexity index is 376. The van der Waals surface area contributed by atoms with Crippen LogP contribution in [-0.2, 0) is 19.1 Å². The number of ether oxygens (including phenoxy) is 2. The van der Waals surface area contributed by atoms with Crippen molar-refractivity contribution in [2.75, 3.05) is 33.4 Å². The predicted octanol–water partition coefficient (Wildman–Crippen LogP) is -0.689. The van der Waals surface area contributed by atoms with Crippen LogP contribution in [0.3, 0.4) is 0 Å². The highest BCUT2D eigenvalue weighted by Gasteiger charge is 2.42. The summed E-state index contributed by atoms with van der Waals surface area (Å²) in [4.78, 5) is 25.4.